The van der Waals surface area contributed by atoms with E-state index in [1.165, 1.54) is 16.7 Å². The summed E-state index contributed by atoms with van der Waals surface area (Å²) in [7, 11) is 0. The lowest BCUT2D eigenvalue weighted by Gasteiger charge is -2.27. The molecule has 104 valence electrons. The molecule has 0 N–H and O–H groups in total. The highest BCUT2D eigenvalue weighted by atomic mass is 16.5. The summed E-state index contributed by atoms with van der Waals surface area (Å²) in [4.78, 5) is 6.86. The number of aromatic nitrogens is 1. The third-order valence-corrected chi connectivity index (χ3v) is 3.78. The zero-order valence-electron chi connectivity index (χ0n) is 11.9. The van der Waals surface area contributed by atoms with Crippen molar-refractivity contribution in [3.05, 3.63) is 48.2 Å². The van der Waals surface area contributed by atoms with Crippen LogP contribution in [-0.2, 0) is 11.2 Å². The number of morpholine rings is 1. The summed E-state index contributed by atoms with van der Waals surface area (Å²) in [6.45, 7) is 5.62. The molecule has 1 aromatic heterocycles. The largest absolute Gasteiger partial charge is 0.378 e. The third kappa shape index (κ3) is 2.83. The van der Waals surface area contributed by atoms with Crippen LogP contribution in [0.4, 0.5) is 5.82 Å². The number of hydrogen-bond acceptors (Lipinski definition) is 3. The van der Waals surface area contributed by atoms with E-state index in [9.17, 15) is 0 Å². The normalized spacial score (nSPS) is 15.3. The van der Waals surface area contributed by atoms with Crippen molar-refractivity contribution in [1.29, 1.82) is 0 Å². The Labute approximate surface area is 120 Å². The van der Waals surface area contributed by atoms with Gasteiger partial charge in [-0.05, 0) is 29.7 Å². The number of pyridine rings is 1. The van der Waals surface area contributed by atoms with Crippen LogP contribution in [0, 0.1) is 0 Å². The number of rotatable bonds is 3. The maximum atomic E-state index is 5.37. The SMILES string of the molecule is CCc1ccc(-c2ccc(N3CCOCC3)nc2)cc1. The molecule has 3 nitrogen and oxygen atoms in total. The van der Waals surface area contributed by atoms with Gasteiger partial charge in [0, 0.05) is 24.8 Å². The molecular formula is C17H20N2O. The van der Waals surface area contributed by atoms with Crippen molar-refractivity contribution in [2.75, 3.05) is 31.2 Å². The van der Waals surface area contributed by atoms with Crippen molar-refractivity contribution in [2.24, 2.45) is 0 Å². The standard InChI is InChI=1S/C17H20N2O/c1-2-14-3-5-15(6-4-14)16-7-8-17(18-13-16)19-9-11-20-12-10-19/h3-8,13H,2,9-12H2,1H3. The van der Waals surface area contributed by atoms with Gasteiger partial charge in [-0.15, -0.1) is 0 Å². The van der Waals surface area contributed by atoms with Crippen molar-refractivity contribution in [3.63, 3.8) is 0 Å². The van der Waals surface area contributed by atoms with E-state index in [1.807, 2.05) is 6.20 Å². The molecule has 1 aromatic carbocycles. The molecule has 2 heterocycles. The van der Waals surface area contributed by atoms with E-state index in [1.54, 1.807) is 0 Å². The summed E-state index contributed by atoms with van der Waals surface area (Å²) in [5.74, 6) is 1.04. The number of benzene rings is 1. The van der Waals surface area contributed by atoms with Gasteiger partial charge in [0.1, 0.15) is 5.82 Å². The van der Waals surface area contributed by atoms with Gasteiger partial charge < -0.3 is 9.64 Å². The van der Waals surface area contributed by atoms with Gasteiger partial charge in [0.25, 0.3) is 0 Å². The molecule has 1 aliphatic rings. The fourth-order valence-corrected chi connectivity index (χ4v) is 2.47. The number of hydrogen-bond donors (Lipinski definition) is 0. The number of ether oxygens (including phenoxy) is 1. The molecule has 0 bridgehead atoms. The smallest absolute Gasteiger partial charge is 0.128 e. The minimum atomic E-state index is 0.794. The summed E-state index contributed by atoms with van der Waals surface area (Å²) in [6.07, 6.45) is 3.04. The first-order valence-electron chi connectivity index (χ1n) is 7.25. The maximum Gasteiger partial charge on any atom is 0.128 e. The van der Waals surface area contributed by atoms with Crippen LogP contribution < -0.4 is 4.90 Å². The number of anilines is 1. The van der Waals surface area contributed by atoms with Crippen LogP contribution in [0.15, 0.2) is 42.6 Å². The molecule has 0 radical (unpaired) electrons. The zero-order chi connectivity index (χ0) is 13.8. The molecule has 1 aliphatic heterocycles. The van der Waals surface area contributed by atoms with E-state index < -0.39 is 0 Å². The second kappa shape index (κ2) is 6.06. The number of aryl methyl sites for hydroxylation is 1. The van der Waals surface area contributed by atoms with Gasteiger partial charge in [-0.2, -0.15) is 0 Å². The molecule has 0 spiro atoms. The van der Waals surface area contributed by atoms with Gasteiger partial charge in [0.15, 0.2) is 0 Å². The van der Waals surface area contributed by atoms with Crippen molar-refractivity contribution in [2.45, 2.75) is 13.3 Å². The lowest BCUT2D eigenvalue weighted by molar-refractivity contribution is 0.122. The van der Waals surface area contributed by atoms with Gasteiger partial charge in [-0.3, -0.25) is 0 Å². The Morgan fingerprint density at radius 3 is 2.30 bits per heavy atom. The van der Waals surface area contributed by atoms with Crippen molar-refractivity contribution >= 4 is 5.82 Å². The van der Waals surface area contributed by atoms with E-state index in [2.05, 4.69) is 53.2 Å². The predicted octanol–water partition coefficient (Wildman–Crippen LogP) is 3.15. The molecule has 0 aliphatic carbocycles. The summed E-state index contributed by atoms with van der Waals surface area (Å²) >= 11 is 0. The average Bonchev–Trinajstić information content (AvgIpc) is 2.56. The summed E-state index contributed by atoms with van der Waals surface area (Å²) < 4.78 is 5.37. The van der Waals surface area contributed by atoms with Crippen molar-refractivity contribution < 1.29 is 4.74 Å². The van der Waals surface area contributed by atoms with Crippen LogP contribution in [-0.4, -0.2) is 31.3 Å². The second-order valence-electron chi connectivity index (χ2n) is 5.05. The van der Waals surface area contributed by atoms with Crippen molar-refractivity contribution in [3.8, 4) is 11.1 Å². The van der Waals surface area contributed by atoms with E-state index in [0.717, 1.165) is 38.5 Å². The fourth-order valence-electron chi connectivity index (χ4n) is 2.47. The van der Waals surface area contributed by atoms with Crippen LogP contribution in [0.2, 0.25) is 0 Å². The van der Waals surface area contributed by atoms with Crippen LogP contribution in [0.5, 0.6) is 0 Å². The van der Waals surface area contributed by atoms with Crippen LogP contribution in [0.3, 0.4) is 0 Å². The molecule has 0 unspecified atom stereocenters. The lowest BCUT2D eigenvalue weighted by Crippen LogP contribution is -2.36. The van der Waals surface area contributed by atoms with Crippen molar-refractivity contribution in [1.82, 2.24) is 4.98 Å². The zero-order valence-corrected chi connectivity index (χ0v) is 11.9. The topological polar surface area (TPSA) is 25.4 Å². The van der Waals surface area contributed by atoms with Gasteiger partial charge >= 0.3 is 0 Å². The summed E-state index contributed by atoms with van der Waals surface area (Å²) in [6, 6.07) is 13.0. The second-order valence-corrected chi connectivity index (χ2v) is 5.05. The molecule has 0 saturated carbocycles. The Morgan fingerprint density at radius 1 is 1.00 bits per heavy atom. The van der Waals surface area contributed by atoms with E-state index >= 15 is 0 Å². The first-order chi connectivity index (χ1) is 9.86. The highest BCUT2D eigenvalue weighted by Gasteiger charge is 2.12. The Balaban J connectivity index is 1.77. The average molecular weight is 268 g/mol. The molecule has 0 atom stereocenters. The Morgan fingerprint density at radius 2 is 1.70 bits per heavy atom. The molecule has 3 heteroatoms. The minimum absolute atomic E-state index is 0.794. The maximum absolute atomic E-state index is 5.37. The monoisotopic (exact) mass is 268 g/mol. The van der Waals surface area contributed by atoms with Gasteiger partial charge in [0.05, 0.1) is 13.2 Å². The van der Waals surface area contributed by atoms with Crippen LogP contribution in [0.1, 0.15) is 12.5 Å². The Bertz CT molecular complexity index is 542. The molecule has 1 fully saturated rings. The molecular weight excluding hydrogens is 248 g/mol. The van der Waals surface area contributed by atoms with Crippen LogP contribution >= 0.6 is 0 Å². The van der Waals surface area contributed by atoms with E-state index in [-0.39, 0.29) is 0 Å². The van der Waals surface area contributed by atoms with E-state index in [4.69, 9.17) is 4.74 Å². The highest BCUT2D eigenvalue weighted by molar-refractivity contribution is 5.64. The first-order valence-corrected chi connectivity index (χ1v) is 7.25. The quantitative estimate of drug-likeness (QED) is 0.855. The number of nitrogens with zero attached hydrogens (tertiary/aromatic N) is 2. The van der Waals surface area contributed by atoms with Gasteiger partial charge in [0.2, 0.25) is 0 Å². The predicted molar refractivity (Wildman–Crippen MR) is 82.1 cm³/mol. The molecule has 20 heavy (non-hydrogen) atoms. The Hall–Kier alpha value is -1.87. The third-order valence-electron chi connectivity index (χ3n) is 3.78. The lowest BCUT2D eigenvalue weighted by atomic mass is 10.0. The highest BCUT2D eigenvalue weighted by Crippen LogP contribution is 2.22. The molecule has 3 rings (SSSR count). The molecule has 0 amide bonds. The van der Waals surface area contributed by atoms with Gasteiger partial charge in [-0.1, -0.05) is 31.2 Å². The van der Waals surface area contributed by atoms with Gasteiger partial charge in [-0.25, -0.2) is 4.98 Å². The minimum Gasteiger partial charge on any atom is -0.378 e. The summed E-state index contributed by atoms with van der Waals surface area (Å²) in [5, 5.41) is 0. The fraction of sp³-hybridized carbons (Fsp3) is 0.353. The first kappa shape index (κ1) is 13.1. The van der Waals surface area contributed by atoms with Crippen LogP contribution in [0.25, 0.3) is 11.1 Å². The van der Waals surface area contributed by atoms with E-state index in [0.29, 0.717) is 0 Å². The molecule has 2 aromatic rings. The summed E-state index contributed by atoms with van der Waals surface area (Å²) in [5.41, 5.74) is 3.76. The molecule has 1 saturated heterocycles. The Kier molecular flexibility index (Phi) is 3.97.